The van der Waals surface area contributed by atoms with E-state index in [2.05, 4.69) is 5.32 Å². The molecule has 2 N–H and O–H groups in total. The van der Waals surface area contributed by atoms with Gasteiger partial charge in [-0.05, 0) is 68.4 Å². The molecule has 0 bridgehead atoms. The molecule has 7 heteroatoms. The number of hydrogen-bond acceptors (Lipinski definition) is 5. The van der Waals surface area contributed by atoms with Crippen LogP contribution in [-0.4, -0.2) is 23.1 Å². The van der Waals surface area contributed by atoms with Gasteiger partial charge in [-0.25, -0.2) is 9.59 Å². The minimum Gasteiger partial charge on any atom is -0.480 e. The Morgan fingerprint density at radius 2 is 1.78 bits per heavy atom. The number of carboxylic acid groups (broad SMARTS) is 1. The van der Waals surface area contributed by atoms with Crippen LogP contribution in [-0.2, 0) is 22.4 Å². The van der Waals surface area contributed by atoms with Gasteiger partial charge in [-0.15, -0.1) is 0 Å². The summed E-state index contributed by atoms with van der Waals surface area (Å²) in [5.41, 5.74) is 3.00. The molecule has 32 heavy (non-hydrogen) atoms. The third kappa shape index (κ3) is 4.23. The van der Waals surface area contributed by atoms with E-state index in [9.17, 15) is 19.5 Å². The Morgan fingerprint density at radius 3 is 2.47 bits per heavy atom. The van der Waals surface area contributed by atoms with Crippen molar-refractivity contribution < 1.29 is 23.8 Å². The molecule has 0 saturated heterocycles. The van der Waals surface area contributed by atoms with Gasteiger partial charge in [-0.1, -0.05) is 30.3 Å². The van der Waals surface area contributed by atoms with Crippen LogP contribution in [0.15, 0.2) is 51.7 Å². The quantitative estimate of drug-likeness (QED) is 0.572. The Bertz CT molecular complexity index is 1230. The molecule has 1 heterocycles. The molecule has 3 aromatic rings. The Hall–Kier alpha value is -3.61. The van der Waals surface area contributed by atoms with Gasteiger partial charge in [0.25, 0.3) is 5.91 Å². The highest BCUT2D eigenvalue weighted by Gasteiger charge is 2.27. The molecular weight excluding hydrogens is 410 g/mol. The van der Waals surface area contributed by atoms with Crippen LogP contribution in [0.5, 0.6) is 5.75 Å². The maximum absolute atomic E-state index is 12.8. The van der Waals surface area contributed by atoms with Crippen molar-refractivity contribution in [2.45, 2.75) is 51.7 Å². The largest absolute Gasteiger partial charge is 0.480 e. The number of aliphatic carboxylic acids is 1. The van der Waals surface area contributed by atoms with E-state index in [1.165, 1.54) is 0 Å². The summed E-state index contributed by atoms with van der Waals surface area (Å²) in [7, 11) is 0. The van der Waals surface area contributed by atoms with Crippen LogP contribution in [0, 0.1) is 6.92 Å². The first kappa shape index (κ1) is 21.6. The van der Waals surface area contributed by atoms with Crippen LogP contribution in [0.4, 0.5) is 0 Å². The average Bonchev–Trinajstić information content (AvgIpc) is 2.77. The molecule has 2 atom stereocenters. The molecule has 166 valence electrons. The summed E-state index contributed by atoms with van der Waals surface area (Å²) in [5, 5.41) is 12.8. The maximum Gasteiger partial charge on any atom is 0.339 e. The zero-order valence-electron chi connectivity index (χ0n) is 18.0. The minimum atomic E-state index is -1.19. The van der Waals surface area contributed by atoms with E-state index >= 15 is 0 Å². The zero-order chi connectivity index (χ0) is 22.8. The fourth-order valence-electron chi connectivity index (χ4n) is 4.20. The number of ether oxygens (including phenoxy) is 1. The Labute approximate surface area is 185 Å². The monoisotopic (exact) mass is 435 g/mol. The number of rotatable bonds is 6. The van der Waals surface area contributed by atoms with Gasteiger partial charge in [0.1, 0.15) is 11.3 Å². The average molecular weight is 435 g/mol. The van der Waals surface area contributed by atoms with Crippen molar-refractivity contribution in [2.75, 3.05) is 0 Å². The highest BCUT2D eigenvalue weighted by atomic mass is 16.5. The number of carbonyl (C=O) groups excluding carboxylic acids is 1. The Kier molecular flexibility index (Phi) is 5.99. The Balaban J connectivity index is 1.65. The predicted octanol–water partition coefficient (Wildman–Crippen LogP) is 3.69. The lowest BCUT2D eigenvalue weighted by Crippen LogP contribution is -2.41. The third-order valence-corrected chi connectivity index (χ3v) is 5.77. The summed E-state index contributed by atoms with van der Waals surface area (Å²) in [4.78, 5) is 37.0. The smallest absolute Gasteiger partial charge is 0.339 e. The van der Waals surface area contributed by atoms with E-state index in [0.29, 0.717) is 34.3 Å². The molecule has 0 aliphatic heterocycles. The second-order valence-electron chi connectivity index (χ2n) is 8.14. The third-order valence-electron chi connectivity index (χ3n) is 5.77. The van der Waals surface area contributed by atoms with Gasteiger partial charge in [0.2, 0.25) is 0 Å². The lowest BCUT2D eigenvalue weighted by Gasteiger charge is -2.22. The second-order valence-corrected chi connectivity index (χ2v) is 8.14. The SMILES string of the molecule is Cc1cc(OC(C)C(=O)N[C@H](C(=O)O)c2ccccc2)c2c3c(c(=O)oc2c1)CCCC3. The predicted molar refractivity (Wildman–Crippen MR) is 119 cm³/mol. The van der Waals surface area contributed by atoms with E-state index in [0.717, 1.165) is 30.4 Å². The van der Waals surface area contributed by atoms with Crippen molar-refractivity contribution in [2.24, 2.45) is 0 Å². The molecule has 0 fully saturated rings. The number of nitrogens with one attached hydrogen (secondary N) is 1. The van der Waals surface area contributed by atoms with Gasteiger partial charge in [0.05, 0.1) is 5.39 Å². The van der Waals surface area contributed by atoms with E-state index in [1.54, 1.807) is 43.3 Å². The first-order chi connectivity index (χ1) is 15.3. The standard InChI is InChI=1S/C25H25NO6/c1-14-12-19(21-17-10-6-7-11-18(17)25(30)32-20(21)13-14)31-15(2)23(27)26-22(24(28)29)16-8-4-3-5-9-16/h3-5,8-9,12-13,15,22H,6-7,10-11H2,1-2H3,(H,26,27)(H,28,29)/t15?,22-/m0/s1. The lowest BCUT2D eigenvalue weighted by molar-refractivity contribution is -0.143. The van der Waals surface area contributed by atoms with E-state index in [4.69, 9.17) is 9.15 Å². The van der Waals surface area contributed by atoms with Crippen LogP contribution >= 0.6 is 0 Å². The molecule has 1 aromatic heterocycles. The molecule has 1 amide bonds. The van der Waals surface area contributed by atoms with Crippen LogP contribution < -0.4 is 15.7 Å². The van der Waals surface area contributed by atoms with Crippen molar-refractivity contribution in [3.63, 3.8) is 0 Å². The summed E-state index contributed by atoms with van der Waals surface area (Å²) in [6.45, 7) is 3.42. The van der Waals surface area contributed by atoms with Gasteiger partial charge in [-0.3, -0.25) is 4.79 Å². The second kappa shape index (κ2) is 8.86. The summed E-state index contributed by atoms with van der Waals surface area (Å²) < 4.78 is 11.6. The molecule has 1 aliphatic carbocycles. The highest BCUT2D eigenvalue weighted by Crippen LogP contribution is 2.35. The van der Waals surface area contributed by atoms with Crippen LogP contribution in [0.2, 0.25) is 0 Å². The summed E-state index contributed by atoms with van der Waals surface area (Å²) in [6.07, 6.45) is 2.34. The molecule has 4 rings (SSSR count). The van der Waals surface area contributed by atoms with Crippen molar-refractivity contribution in [3.8, 4) is 5.75 Å². The summed E-state index contributed by atoms with van der Waals surface area (Å²) in [5.74, 6) is -1.26. The first-order valence-corrected chi connectivity index (χ1v) is 10.7. The summed E-state index contributed by atoms with van der Waals surface area (Å²) in [6, 6.07) is 10.9. The van der Waals surface area contributed by atoms with Crippen molar-refractivity contribution >= 4 is 22.8 Å². The fourth-order valence-corrected chi connectivity index (χ4v) is 4.20. The number of carbonyl (C=O) groups is 2. The number of fused-ring (bicyclic) bond motifs is 3. The molecule has 0 saturated carbocycles. The molecule has 0 spiro atoms. The molecule has 1 unspecified atom stereocenters. The van der Waals surface area contributed by atoms with E-state index in [-0.39, 0.29) is 5.63 Å². The van der Waals surface area contributed by atoms with Gasteiger partial charge < -0.3 is 19.6 Å². The van der Waals surface area contributed by atoms with Crippen LogP contribution in [0.25, 0.3) is 11.0 Å². The number of benzene rings is 2. The topological polar surface area (TPSA) is 106 Å². The molecular formula is C25H25NO6. The van der Waals surface area contributed by atoms with E-state index < -0.39 is 24.0 Å². The molecule has 7 nitrogen and oxygen atoms in total. The van der Waals surface area contributed by atoms with Gasteiger partial charge in [-0.2, -0.15) is 0 Å². The number of carboxylic acids is 1. The van der Waals surface area contributed by atoms with Crippen molar-refractivity contribution in [1.29, 1.82) is 0 Å². The molecule has 1 aliphatic rings. The fraction of sp³-hybridized carbons (Fsp3) is 0.320. The number of aryl methyl sites for hydroxylation is 2. The minimum absolute atomic E-state index is 0.318. The highest BCUT2D eigenvalue weighted by molar-refractivity contribution is 5.90. The van der Waals surface area contributed by atoms with Crippen LogP contribution in [0.3, 0.4) is 0 Å². The van der Waals surface area contributed by atoms with Crippen molar-refractivity contribution in [1.82, 2.24) is 5.32 Å². The van der Waals surface area contributed by atoms with Gasteiger partial charge in [0.15, 0.2) is 12.1 Å². The lowest BCUT2D eigenvalue weighted by atomic mass is 9.90. The molecule has 2 aromatic carbocycles. The van der Waals surface area contributed by atoms with Gasteiger partial charge in [0, 0.05) is 5.56 Å². The van der Waals surface area contributed by atoms with E-state index in [1.807, 2.05) is 13.0 Å². The zero-order valence-corrected chi connectivity index (χ0v) is 18.0. The Morgan fingerprint density at radius 1 is 1.09 bits per heavy atom. The first-order valence-electron chi connectivity index (χ1n) is 10.7. The normalized spacial score (nSPS) is 14.9. The molecule has 0 radical (unpaired) electrons. The maximum atomic E-state index is 12.8. The summed E-state index contributed by atoms with van der Waals surface area (Å²) >= 11 is 0. The number of amides is 1. The number of hydrogen-bond donors (Lipinski definition) is 2. The van der Waals surface area contributed by atoms with Gasteiger partial charge >= 0.3 is 11.6 Å². The van der Waals surface area contributed by atoms with Crippen molar-refractivity contribution in [3.05, 3.63) is 75.1 Å². The van der Waals surface area contributed by atoms with Crippen LogP contribution in [0.1, 0.15) is 48.1 Å².